The highest BCUT2D eigenvalue weighted by atomic mass is 16.4. The van der Waals surface area contributed by atoms with Crippen LogP contribution in [0.2, 0.25) is 0 Å². The number of fused-ring (bicyclic) bond motifs is 1. The molecule has 1 aromatic heterocycles. The first-order valence-corrected chi connectivity index (χ1v) is 6.03. The second-order valence-corrected chi connectivity index (χ2v) is 4.93. The quantitative estimate of drug-likeness (QED) is 0.826. The van der Waals surface area contributed by atoms with E-state index >= 15 is 0 Å². The third-order valence-corrected chi connectivity index (χ3v) is 3.90. The smallest absolute Gasteiger partial charge is 0.307 e. The summed E-state index contributed by atoms with van der Waals surface area (Å²) in [5.41, 5.74) is 1.19. The van der Waals surface area contributed by atoms with E-state index in [1.807, 2.05) is 0 Å². The zero-order chi connectivity index (χ0) is 11.1. The summed E-state index contributed by atoms with van der Waals surface area (Å²) in [6.45, 7) is 0.812. The van der Waals surface area contributed by atoms with E-state index in [0.717, 1.165) is 18.8 Å². The van der Waals surface area contributed by atoms with Crippen LogP contribution in [0.5, 0.6) is 0 Å². The lowest BCUT2D eigenvalue weighted by Crippen LogP contribution is -2.25. The molecule has 1 atom stereocenters. The van der Waals surface area contributed by atoms with Crippen LogP contribution in [0.1, 0.15) is 43.1 Å². The highest BCUT2D eigenvalue weighted by Gasteiger charge is 2.28. The van der Waals surface area contributed by atoms with Crippen molar-refractivity contribution in [2.75, 3.05) is 0 Å². The van der Waals surface area contributed by atoms with Crippen molar-refractivity contribution in [3.63, 3.8) is 0 Å². The number of aryl methyl sites for hydroxylation is 1. The highest BCUT2D eigenvalue weighted by molar-refractivity contribution is 5.70. The molecule has 2 heterocycles. The third-order valence-electron chi connectivity index (χ3n) is 3.90. The van der Waals surface area contributed by atoms with Crippen molar-refractivity contribution in [2.45, 2.75) is 44.6 Å². The Balaban J connectivity index is 1.82. The average molecular weight is 220 g/mol. The Bertz CT molecular complexity index is 421. The van der Waals surface area contributed by atoms with Gasteiger partial charge in [0.15, 0.2) is 0 Å². The van der Waals surface area contributed by atoms with Crippen molar-refractivity contribution >= 4 is 5.97 Å². The molecule has 2 aliphatic rings. The maximum atomic E-state index is 10.9. The van der Waals surface area contributed by atoms with E-state index in [1.165, 1.54) is 25.0 Å². The van der Waals surface area contributed by atoms with Crippen LogP contribution in [0.15, 0.2) is 6.20 Å². The minimum atomic E-state index is -0.681. The number of carbonyl (C=O) groups is 1. The molecule has 1 fully saturated rings. The van der Waals surface area contributed by atoms with Crippen LogP contribution in [0, 0.1) is 5.92 Å². The molecule has 1 N–H and O–H groups in total. The maximum absolute atomic E-state index is 10.9. The number of aromatic nitrogens is 2. The van der Waals surface area contributed by atoms with Gasteiger partial charge in [0.2, 0.25) is 0 Å². The van der Waals surface area contributed by atoms with E-state index in [-0.39, 0.29) is 5.92 Å². The summed E-state index contributed by atoms with van der Waals surface area (Å²) in [5, 5.41) is 9.00. The molecule has 16 heavy (non-hydrogen) atoms. The van der Waals surface area contributed by atoms with Gasteiger partial charge < -0.3 is 9.67 Å². The SMILES string of the molecule is O=C(O)C1CCn2cc(C3CCC3)nc2C1. The summed E-state index contributed by atoms with van der Waals surface area (Å²) in [6, 6.07) is 0. The highest BCUT2D eigenvalue weighted by Crippen LogP contribution is 2.36. The number of carboxylic acid groups (broad SMARTS) is 1. The molecule has 1 aromatic rings. The second kappa shape index (κ2) is 3.61. The maximum Gasteiger partial charge on any atom is 0.307 e. The zero-order valence-electron chi connectivity index (χ0n) is 9.22. The monoisotopic (exact) mass is 220 g/mol. The van der Waals surface area contributed by atoms with Crippen LogP contribution < -0.4 is 0 Å². The van der Waals surface area contributed by atoms with Gasteiger partial charge in [0, 0.05) is 25.1 Å². The second-order valence-electron chi connectivity index (χ2n) is 4.93. The number of carboxylic acids is 1. The number of imidazole rings is 1. The molecule has 4 heteroatoms. The molecule has 0 saturated heterocycles. The molecule has 0 spiro atoms. The van der Waals surface area contributed by atoms with Crippen LogP contribution in [-0.4, -0.2) is 20.6 Å². The average Bonchev–Trinajstić information content (AvgIpc) is 2.56. The largest absolute Gasteiger partial charge is 0.481 e. The first-order valence-electron chi connectivity index (χ1n) is 6.03. The normalized spacial score (nSPS) is 24.9. The fourth-order valence-corrected chi connectivity index (χ4v) is 2.56. The number of hydrogen-bond donors (Lipinski definition) is 1. The Labute approximate surface area is 94.3 Å². The van der Waals surface area contributed by atoms with E-state index in [9.17, 15) is 4.79 Å². The molecule has 86 valence electrons. The van der Waals surface area contributed by atoms with Crippen LogP contribution >= 0.6 is 0 Å². The number of nitrogens with zero attached hydrogens (tertiary/aromatic N) is 2. The van der Waals surface area contributed by atoms with Crippen molar-refractivity contribution < 1.29 is 9.90 Å². The topological polar surface area (TPSA) is 55.1 Å². The predicted octanol–water partition coefficient (Wildman–Crippen LogP) is 1.80. The molecule has 0 radical (unpaired) electrons. The van der Waals surface area contributed by atoms with Gasteiger partial charge in [-0.25, -0.2) is 4.98 Å². The van der Waals surface area contributed by atoms with Crippen LogP contribution in [0.3, 0.4) is 0 Å². The summed E-state index contributed by atoms with van der Waals surface area (Å²) in [7, 11) is 0. The first-order chi connectivity index (χ1) is 7.74. The molecular formula is C12H16N2O2. The van der Waals surface area contributed by atoms with Gasteiger partial charge in [-0.05, 0) is 19.3 Å². The summed E-state index contributed by atoms with van der Waals surface area (Å²) in [5.74, 6) is 0.700. The molecule has 1 aliphatic heterocycles. The Morgan fingerprint density at radius 3 is 2.88 bits per heavy atom. The fraction of sp³-hybridized carbons (Fsp3) is 0.667. The van der Waals surface area contributed by atoms with Crippen molar-refractivity contribution in [3.8, 4) is 0 Å². The minimum absolute atomic E-state index is 0.232. The standard InChI is InChI=1S/C12H16N2O2/c15-12(16)9-4-5-14-7-10(8-2-1-3-8)13-11(14)6-9/h7-9H,1-6H2,(H,15,16). The van der Waals surface area contributed by atoms with Gasteiger partial charge in [0.05, 0.1) is 11.6 Å². The Morgan fingerprint density at radius 2 is 2.25 bits per heavy atom. The van der Waals surface area contributed by atoms with Gasteiger partial charge in [-0.15, -0.1) is 0 Å². The number of hydrogen-bond acceptors (Lipinski definition) is 2. The molecule has 1 saturated carbocycles. The number of aliphatic carboxylic acids is 1. The first kappa shape index (κ1) is 9.87. The van der Waals surface area contributed by atoms with E-state index < -0.39 is 5.97 Å². The zero-order valence-corrected chi connectivity index (χ0v) is 9.22. The predicted molar refractivity (Wildman–Crippen MR) is 58.3 cm³/mol. The summed E-state index contributed by atoms with van der Waals surface area (Å²) >= 11 is 0. The van der Waals surface area contributed by atoms with Crippen molar-refractivity contribution in [3.05, 3.63) is 17.7 Å². The van der Waals surface area contributed by atoms with Crippen LogP contribution in [0.4, 0.5) is 0 Å². The molecule has 0 bridgehead atoms. The summed E-state index contributed by atoms with van der Waals surface area (Å²) in [6.07, 6.45) is 7.28. The number of rotatable bonds is 2. The Morgan fingerprint density at radius 1 is 1.44 bits per heavy atom. The fourth-order valence-electron chi connectivity index (χ4n) is 2.56. The molecule has 1 unspecified atom stereocenters. The van der Waals surface area contributed by atoms with Crippen molar-refractivity contribution in [2.24, 2.45) is 5.92 Å². The molecule has 4 nitrogen and oxygen atoms in total. The Hall–Kier alpha value is -1.32. The van der Waals surface area contributed by atoms with Gasteiger partial charge in [-0.2, -0.15) is 0 Å². The van der Waals surface area contributed by atoms with Crippen molar-refractivity contribution in [1.29, 1.82) is 0 Å². The summed E-state index contributed by atoms with van der Waals surface area (Å²) in [4.78, 5) is 15.5. The van der Waals surface area contributed by atoms with Gasteiger partial charge in [-0.1, -0.05) is 6.42 Å². The van der Waals surface area contributed by atoms with E-state index in [0.29, 0.717) is 12.3 Å². The summed E-state index contributed by atoms with van der Waals surface area (Å²) < 4.78 is 2.15. The minimum Gasteiger partial charge on any atom is -0.481 e. The molecular weight excluding hydrogens is 204 g/mol. The van der Waals surface area contributed by atoms with Gasteiger partial charge in [0.1, 0.15) is 5.82 Å². The van der Waals surface area contributed by atoms with E-state index in [2.05, 4.69) is 15.7 Å². The van der Waals surface area contributed by atoms with Crippen LogP contribution in [-0.2, 0) is 17.8 Å². The lowest BCUT2D eigenvalue weighted by Gasteiger charge is -2.22. The van der Waals surface area contributed by atoms with E-state index in [1.54, 1.807) is 0 Å². The molecule has 0 amide bonds. The lowest BCUT2D eigenvalue weighted by molar-refractivity contribution is -0.142. The third kappa shape index (κ3) is 1.52. The van der Waals surface area contributed by atoms with Crippen LogP contribution in [0.25, 0.3) is 0 Å². The van der Waals surface area contributed by atoms with Gasteiger partial charge in [-0.3, -0.25) is 4.79 Å². The molecule has 0 aromatic carbocycles. The van der Waals surface area contributed by atoms with Crippen molar-refractivity contribution in [1.82, 2.24) is 9.55 Å². The van der Waals surface area contributed by atoms with Gasteiger partial charge in [0.25, 0.3) is 0 Å². The molecule has 1 aliphatic carbocycles. The Kier molecular flexibility index (Phi) is 2.23. The lowest BCUT2D eigenvalue weighted by atomic mass is 9.83. The molecule has 3 rings (SSSR count). The van der Waals surface area contributed by atoms with Gasteiger partial charge >= 0.3 is 5.97 Å². The van der Waals surface area contributed by atoms with E-state index in [4.69, 9.17) is 5.11 Å².